The number of ether oxygens (including phenoxy) is 1. The Morgan fingerprint density at radius 3 is 2.05 bits per heavy atom. The zero-order chi connectivity index (χ0) is 57.9. The molecule has 2 aliphatic heterocycles. The van der Waals surface area contributed by atoms with Gasteiger partial charge in [0.2, 0.25) is 11.6 Å². The molecule has 0 spiro atoms. The van der Waals surface area contributed by atoms with E-state index in [4.69, 9.17) is 16.3 Å². The number of carbonyl (C=O) groups excluding carboxylic acids is 1. The maximum Gasteiger partial charge on any atom is 0.295 e. The Morgan fingerprint density at radius 1 is 0.704 bits per heavy atom. The van der Waals surface area contributed by atoms with Crippen LogP contribution >= 0.6 is 11.6 Å². The number of likely N-dealkylation sites (N-methyl/N-ethyl adjacent to an activating group) is 2. The van der Waals surface area contributed by atoms with Gasteiger partial charge in [0.1, 0.15) is 23.8 Å². The first-order valence-electron chi connectivity index (χ1n) is 27.6. The Labute approximate surface area is 482 Å². The first kappa shape index (κ1) is 58.5. The van der Waals surface area contributed by atoms with Gasteiger partial charge in [0.15, 0.2) is 5.71 Å². The second-order valence-corrected chi connectivity index (χ2v) is 25.2. The van der Waals surface area contributed by atoms with Crippen LogP contribution in [0.2, 0.25) is 0 Å². The molecule has 1 amide bonds. The largest absolute Gasteiger partial charge is 0.492 e. The molecule has 2 aliphatic rings. The van der Waals surface area contributed by atoms with Crippen LogP contribution in [0.15, 0.2) is 185 Å². The minimum Gasteiger partial charge on any atom is -0.492 e. The summed E-state index contributed by atoms with van der Waals surface area (Å²) in [5.41, 5.74) is 11.2. The zero-order valence-electron chi connectivity index (χ0n) is 47.1. The summed E-state index contributed by atoms with van der Waals surface area (Å²) in [6, 6.07) is 44.8. The third kappa shape index (κ3) is 12.2. The molecule has 0 aromatic heterocycles. The number of hydrogen-bond acceptors (Lipinski definition) is 7. The number of rotatable bonds is 21. The van der Waals surface area contributed by atoms with Crippen LogP contribution in [0.5, 0.6) is 5.75 Å². The molecule has 0 unspecified atom stereocenters. The Balaban J connectivity index is 0.878. The molecule has 2 N–H and O–H groups in total. The summed E-state index contributed by atoms with van der Waals surface area (Å²) in [5.74, 6) is 1.26. The second-order valence-electron chi connectivity index (χ2n) is 22.0. The van der Waals surface area contributed by atoms with Crippen molar-refractivity contribution in [3.8, 4) is 5.75 Å². The van der Waals surface area contributed by atoms with Crippen LogP contribution in [0.1, 0.15) is 100 Å². The molecule has 0 bridgehead atoms. The van der Waals surface area contributed by atoms with Crippen molar-refractivity contribution in [2.45, 2.75) is 94.3 Å². The van der Waals surface area contributed by atoms with Crippen molar-refractivity contribution < 1.29 is 40.0 Å². The molecule has 420 valence electrons. The molecule has 81 heavy (non-hydrogen) atoms. The van der Waals surface area contributed by atoms with Gasteiger partial charge in [-0.3, -0.25) is 13.9 Å². The lowest BCUT2D eigenvalue weighted by Crippen LogP contribution is -2.30. The lowest BCUT2D eigenvalue weighted by molar-refractivity contribution is -0.438. The molecule has 7 aromatic carbocycles. The van der Waals surface area contributed by atoms with Crippen molar-refractivity contribution >= 4 is 87.5 Å². The number of amides is 1. The van der Waals surface area contributed by atoms with E-state index >= 15 is 0 Å². The number of allylic oxidation sites excluding steroid dienone is 7. The van der Waals surface area contributed by atoms with Crippen LogP contribution in [0.3, 0.4) is 0 Å². The van der Waals surface area contributed by atoms with Gasteiger partial charge in [0.25, 0.3) is 20.2 Å². The fourth-order valence-electron chi connectivity index (χ4n) is 12.0. The molecule has 7 aromatic rings. The third-order valence-electron chi connectivity index (χ3n) is 15.9. The van der Waals surface area contributed by atoms with Crippen LogP contribution in [0, 0.1) is 6.92 Å². The molecule has 11 nitrogen and oxygen atoms in total. The molecule has 2 heterocycles. The SMILES string of the molecule is CCN1C(=CC=CC=CC2=[N+](CCCCCC(=O)N(C)CCOc3ccc(/C(=C(/CCCl)c4ccccc4)c4ccccc4)cc3)c3ccc4ccc(S(=O)(=O)O)cc4c3C2(C)C)C(C)(C)c2c1ccc1c(S(=O)(=O)O)cc(C)cc21. The molecule has 0 saturated heterocycles. The Morgan fingerprint density at radius 2 is 1.38 bits per heavy atom. The molecule has 0 fully saturated rings. The number of carbonyl (C=O) groups is 1. The molecular weight excluding hydrogens is 1070 g/mol. The molecular formula is C67H71ClN3O8S2+. The normalized spacial score (nSPS) is 15.8. The lowest BCUT2D eigenvalue weighted by atomic mass is 9.79. The van der Waals surface area contributed by atoms with Gasteiger partial charge < -0.3 is 14.5 Å². The number of nitrogens with zero attached hydrogens (tertiary/aromatic N) is 3. The van der Waals surface area contributed by atoms with Crippen LogP contribution in [-0.4, -0.2) is 86.2 Å². The van der Waals surface area contributed by atoms with Gasteiger partial charge >= 0.3 is 0 Å². The van der Waals surface area contributed by atoms with Crippen molar-refractivity contribution in [1.82, 2.24) is 4.90 Å². The highest BCUT2D eigenvalue weighted by atomic mass is 35.5. The molecule has 0 radical (unpaired) electrons. The van der Waals surface area contributed by atoms with Gasteiger partial charge in [-0.2, -0.15) is 21.4 Å². The molecule has 14 heteroatoms. The minimum absolute atomic E-state index is 0.0479. The van der Waals surface area contributed by atoms with Crippen molar-refractivity contribution in [1.29, 1.82) is 0 Å². The van der Waals surface area contributed by atoms with Crippen LogP contribution in [0.4, 0.5) is 11.4 Å². The molecule has 0 saturated carbocycles. The van der Waals surface area contributed by atoms with E-state index in [1.807, 2.05) is 98.9 Å². The van der Waals surface area contributed by atoms with Gasteiger partial charge in [-0.15, -0.1) is 11.6 Å². The predicted molar refractivity (Wildman–Crippen MR) is 330 cm³/mol. The van der Waals surface area contributed by atoms with Gasteiger partial charge in [0.05, 0.1) is 16.9 Å². The maximum absolute atomic E-state index is 13.4. The number of unbranched alkanes of at least 4 members (excludes halogenated alkanes) is 2. The minimum atomic E-state index is -4.46. The van der Waals surface area contributed by atoms with E-state index in [1.165, 1.54) is 17.7 Å². The van der Waals surface area contributed by atoms with Gasteiger partial charge in [-0.1, -0.05) is 123 Å². The third-order valence-corrected chi connectivity index (χ3v) is 17.8. The number of anilines is 1. The average Bonchev–Trinajstić information content (AvgIpc) is 3.92. The Hall–Kier alpha value is -7.13. The number of benzene rings is 7. The lowest BCUT2D eigenvalue weighted by Gasteiger charge is -2.26. The summed E-state index contributed by atoms with van der Waals surface area (Å²) in [5, 5.41) is 2.87. The smallest absolute Gasteiger partial charge is 0.295 e. The summed E-state index contributed by atoms with van der Waals surface area (Å²) in [6.07, 6.45) is 13.6. The fourth-order valence-corrected chi connectivity index (χ4v) is 13.5. The quantitative estimate of drug-likeness (QED) is 0.0179. The van der Waals surface area contributed by atoms with Crippen molar-refractivity contribution in [2.24, 2.45) is 0 Å². The number of halogens is 1. The molecule has 9 rings (SSSR count). The van der Waals surface area contributed by atoms with E-state index in [2.05, 4.69) is 98.7 Å². The topological polar surface area (TPSA) is 145 Å². The summed E-state index contributed by atoms with van der Waals surface area (Å²) < 4.78 is 78.6. The highest BCUT2D eigenvalue weighted by molar-refractivity contribution is 7.86. The standard InChI is InChI=1S/C67H70ClN3O8S2/c1-8-70-57-37-35-54-56(43-46(2)44-59(54)81(76,77)78)65(57)66(3,4)60(70)25-17-11-18-26-61-67(5,6)64-55-45-52(80(73,74)75)34-30-48(55)31-36-58(64)71(61)40-20-12-19-27-62(72)69(7)41-42-79-51-32-28-50(29-33-51)63(49-23-15-10-16-24-49)53(38-39-68)47-21-13-9-14-22-47/h9-11,13-18,21-26,28-37,43-45H,8,12,19-20,27,38-42H2,1-7H3,(H-,73,74,75,76,77,78)/p+1/b63-53-. The predicted octanol–water partition coefficient (Wildman–Crippen LogP) is 14.7. The van der Waals surface area contributed by atoms with E-state index in [0.717, 1.165) is 96.5 Å². The fraction of sp³-hybridized carbons (Fsp3) is 0.284. The van der Waals surface area contributed by atoms with Crippen molar-refractivity contribution in [3.63, 3.8) is 0 Å². The van der Waals surface area contributed by atoms with E-state index in [0.29, 0.717) is 56.8 Å². The monoisotopic (exact) mass is 1140 g/mol. The number of aryl methyl sites for hydroxylation is 1. The van der Waals surface area contributed by atoms with Crippen LogP contribution < -0.4 is 9.64 Å². The Kier molecular flexibility index (Phi) is 17.4. The molecule has 0 aliphatic carbocycles. The van der Waals surface area contributed by atoms with E-state index in [9.17, 15) is 30.7 Å². The first-order chi connectivity index (χ1) is 38.6. The first-order valence-corrected chi connectivity index (χ1v) is 31.0. The second kappa shape index (κ2) is 24.1. The van der Waals surface area contributed by atoms with Gasteiger partial charge in [-0.25, -0.2) is 0 Å². The average molecular weight is 1150 g/mol. The van der Waals surface area contributed by atoms with Gasteiger partial charge in [0, 0.05) is 72.2 Å². The highest BCUT2D eigenvalue weighted by Gasteiger charge is 2.46. The summed E-state index contributed by atoms with van der Waals surface area (Å²) in [6.45, 7) is 14.6. The molecule has 0 atom stereocenters. The highest BCUT2D eigenvalue weighted by Crippen LogP contribution is 2.52. The van der Waals surface area contributed by atoms with Crippen molar-refractivity contribution in [3.05, 3.63) is 209 Å². The summed E-state index contributed by atoms with van der Waals surface area (Å²) >= 11 is 6.37. The van der Waals surface area contributed by atoms with Crippen molar-refractivity contribution in [2.75, 3.05) is 44.1 Å². The number of fused-ring (bicyclic) bond motifs is 6. The van der Waals surface area contributed by atoms with Crippen LogP contribution in [-0.2, 0) is 35.9 Å². The van der Waals surface area contributed by atoms with E-state index in [1.54, 1.807) is 23.1 Å². The number of alkyl halides is 1. The zero-order valence-corrected chi connectivity index (χ0v) is 49.5. The van der Waals surface area contributed by atoms with E-state index < -0.39 is 31.1 Å². The number of hydrogen-bond donors (Lipinski definition) is 2. The van der Waals surface area contributed by atoms with Crippen LogP contribution in [0.25, 0.3) is 32.7 Å². The Bertz CT molecular complexity index is 3920. The summed E-state index contributed by atoms with van der Waals surface area (Å²) in [7, 11) is -7.11. The van der Waals surface area contributed by atoms with Gasteiger partial charge in [-0.05, 0) is 151 Å². The maximum atomic E-state index is 13.4. The van der Waals surface area contributed by atoms with E-state index in [-0.39, 0.29) is 15.7 Å². The summed E-state index contributed by atoms with van der Waals surface area (Å²) in [4.78, 5) is 17.1.